The first-order valence-electron chi connectivity index (χ1n) is 7.15. The second-order valence-corrected chi connectivity index (χ2v) is 5.53. The van der Waals surface area contributed by atoms with Crippen molar-refractivity contribution in [2.24, 2.45) is 0 Å². The molecule has 1 heterocycles. The van der Waals surface area contributed by atoms with E-state index in [0.29, 0.717) is 24.7 Å². The van der Waals surface area contributed by atoms with Gasteiger partial charge in [-0.1, -0.05) is 29.8 Å². The van der Waals surface area contributed by atoms with Crippen molar-refractivity contribution in [2.75, 3.05) is 26.7 Å². The van der Waals surface area contributed by atoms with Gasteiger partial charge in [-0.3, -0.25) is 15.0 Å². The number of benzene rings is 1. The van der Waals surface area contributed by atoms with E-state index in [1.807, 2.05) is 29.2 Å². The number of nitrogens with zero attached hydrogens (tertiary/aromatic N) is 1. The number of rotatable bonds is 3. The molecule has 1 saturated heterocycles. The van der Waals surface area contributed by atoms with Crippen LogP contribution in [0.1, 0.15) is 18.6 Å². The molecule has 7 heteroatoms. The van der Waals surface area contributed by atoms with Crippen LogP contribution in [0, 0.1) is 0 Å². The van der Waals surface area contributed by atoms with Crippen molar-refractivity contribution in [2.45, 2.75) is 19.1 Å². The summed E-state index contributed by atoms with van der Waals surface area (Å²) < 4.78 is 5.77. The summed E-state index contributed by atoms with van der Waals surface area (Å²) in [6, 6.07) is 6.59. The third kappa shape index (κ3) is 3.97. The first-order chi connectivity index (χ1) is 10.5. The van der Waals surface area contributed by atoms with Gasteiger partial charge in [0.25, 0.3) is 0 Å². The lowest BCUT2D eigenvalue weighted by Crippen LogP contribution is -2.52. The van der Waals surface area contributed by atoms with E-state index < -0.39 is 12.1 Å². The van der Waals surface area contributed by atoms with Gasteiger partial charge in [0.05, 0.1) is 18.8 Å². The molecule has 0 saturated carbocycles. The molecule has 22 heavy (non-hydrogen) atoms. The maximum atomic E-state index is 12.0. The fourth-order valence-electron chi connectivity index (χ4n) is 2.39. The summed E-state index contributed by atoms with van der Waals surface area (Å²) in [5.41, 5.74) is 0.910. The second-order valence-electron chi connectivity index (χ2n) is 5.12. The molecule has 2 rings (SSSR count). The Morgan fingerprint density at radius 3 is 2.82 bits per heavy atom. The van der Waals surface area contributed by atoms with Crippen LogP contribution < -0.4 is 10.6 Å². The van der Waals surface area contributed by atoms with Crippen molar-refractivity contribution >= 4 is 23.5 Å². The number of urea groups is 1. The maximum Gasteiger partial charge on any atom is 0.321 e. The van der Waals surface area contributed by atoms with Gasteiger partial charge in [-0.05, 0) is 13.0 Å². The summed E-state index contributed by atoms with van der Waals surface area (Å²) in [5, 5.41) is 5.31. The number of hydrogen-bond donors (Lipinski definition) is 2. The Bertz CT molecular complexity index is 553. The maximum absolute atomic E-state index is 12.0. The normalized spacial score (nSPS) is 20.2. The number of ether oxygens (including phenoxy) is 1. The predicted molar refractivity (Wildman–Crippen MR) is 83.8 cm³/mol. The fraction of sp³-hybridized carbons (Fsp3) is 0.467. The Labute approximate surface area is 134 Å². The monoisotopic (exact) mass is 325 g/mol. The van der Waals surface area contributed by atoms with Crippen LogP contribution in [-0.4, -0.2) is 49.6 Å². The molecule has 2 unspecified atom stereocenters. The molecule has 1 aliphatic heterocycles. The number of hydrogen-bond acceptors (Lipinski definition) is 4. The van der Waals surface area contributed by atoms with E-state index >= 15 is 0 Å². The minimum absolute atomic E-state index is 0.183. The van der Waals surface area contributed by atoms with E-state index in [4.69, 9.17) is 16.3 Å². The highest BCUT2D eigenvalue weighted by molar-refractivity contribution is 6.31. The summed E-state index contributed by atoms with van der Waals surface area (Å²) >= 11 is 6.20. The summed E-state index contributed by atoms with van der Waals surface area (Å²) in [6.45, 7) is 3.45. The van der Waals surface area contributed by atoms with E-state index in [9.17, 15) is 9.59 Å². The van der Waals surface area contributed by atoms with E-state index in [2.05, 4.69) is 10.6 Å². The van der Waals surface area contributed by atoms with Crippen LogP contribution in [0.4, 0.5) is 4.79 Å². The summed E-state index contributed by atoms with van der Waals surface area (Å²) in [7, 11) is 1.47. The number of morpholine rings is 1. The van der Waals surface area contributed by atoms with E-state index in [-0.39, 0.29) is 12.0 Å². The lowest BCUT2D eigenvalue weighted by atomic mass is 10.1. The minimum Gasteiger partial charge on any atom is -0.371 e. The van der Waals surface area contributed by atoms with Crippen molar-refractivity contribution in [3.8, 4) is 0 Å². The average molecular weight is 326 g/mol. The topological polar surface area (TPSA) is 70.7 Å². The van der Waals surface area contributed by atoms with Gasteiger partial charge in [0.1, 0.15) is 0 Å². The molecule has 6 nitrogen and oxygen atoms in total. The van der Waals surface area contributed by atoms with Crippen LogP contribution >= 0.6 is 11.6 Å². The van der Waals surface area contributed by atoms with Crippen LogP contribution in [0.25, 0.3) is 0 Å². The number of imide groups is 1. The number of amides is 3. The molecule has 120 valence electrons. The zero-order valence-electron chi connectivity index (χ0n) is 12.6. The van der Waals surface area contributed by atoms with Crippen LogP contribution in [-0.2, 0) is 9.53 Å². The zero-order valence-corrected chi connectivity index (χ0v) is 13.4. The van der Waals surface area contributed by atoms with Crippen LogP contribution in [0.5, 0.6) is 0 Å². The van der Waals surface area contributed by atoms with Crippen molar-refractivity contribution in [1.82, 2.24) is 15.5 Å². The Morgan fingerprint density at radius 1 is 1.41 bits per heavy atom. The standard InChI is InChI=1S/C15H20ClN3O3/c1-10(14(20)18-15(21)17-2)19-7-8-22-13(9-19)11-5-3-4-6-12(11)16/h3-6,10,13H,7-9H2,1-2H3,(H2,17,18,20,21). The van der Waals surface area contributed by atoms with E-state index in [1.54, 1.807) is 6.92 Å². The van der Waals surface area contributed by atoms with Gasteiger partial charge in [-0.25, -0.2) is 4.79 Å². The van der Waals surface area contributed by atoms with Crippen molar-refractivity contribution in [3.63, 3.8) is 0 Å². The molecule has 2 N–H and O–H groups in total. The largest absolute Gasteiger partial charge is 0.371 e. The van der Waals surface area contributed by atoms with Gasteiger partial charge in [-0.2, -0.15) is 0 Å². The zero-order chi connectivity index (χ0) is 16.1. The molecule has 1 aromatic rings. The van der Waals surface area contributed by atoms with Crippen LogP contribution in [0.2, 0.25) is 5.02 Å². The fourth-order valence-corrected chi connectivity index (χ4v) is 2.65. The number of halogens is 1. The molecule has 0 aromatic heterocycles. The number of carbonyl (C=O) groups is 2. The minimum atomic E-state index is -0.507. The Balaban J connectivity index is 2.02. The summed E-state index contributed by atoms with van der Waals surface area (Å²) in [6.07, 6.45) is -0.183. The number of carbonyl (C=O) groups excluding carboxylic acids is 2. The Kier molecular flexibility index (Phi) is 5.76. The lowest BCUT2D eigenvalue weighted by molar-refractivity contribution is -0.128. The second kappa shape index (κ2) is 7.58. The quantitative estimate of drug-likeness (QED) is 0.884. The van der Waals surface area contributed by atoms with Gasteiger partial charge >= 0.3 is 6.03 Å². The first kappa shape index (κ1) is 16.7. The molecule has 1 fully saturated rings. The highest BCUT2D eigenvalue weighted by Crippen LogP contribution is 2.28. The number of nitrogens with one attached hydrogen (secondary N) is 2. The summed E-state index contributed by atoms with van der Waals surface area (Å²) in [4.78, 5) is 25.3. The smallest absolute Gasteiger partial charge is 0.321 e. The first-order valence-corrected chi connectivity index (χ1v) is 7.53. The van der Waals surface area contributed by atoms with Crippen molar-refractivity contribution in [1.29, 1.82) is 0 Å². The SMILES string of the molecule is CNC(=O)NC(=O)C(C)N1CCOC(c2ccccc2Cl)C1. The summed E-state index contributed by atoms with van der Waals surface area (Å²) in [5.74, 6) is -0.334. The van der Waals surface area contributed by atoms with Crippen molar-refractivity contribution < 1.29 is 14.3 Å². The average Bonchev–Trinajstić information content (AvgIpc) is 2.54. The highest BCUT2D eigenvalue weighted by Gasteiger charge is 2.30. The van der Waals surface area contributed by atoms with Crippen LogP contribution in [0.15, 0.2) is 24.3 Å². The van der Waals surface area contributed by atoms with E-state index in [1.165, 1.54) is 7.05 Å². The third-order valence-electron chi connectivity index (χ3n) is 3.74. The molecular weight excluding hydrogens is 306 g/mol. The van der Waals surface area contributed by atoms with Gasteiger partial charge in [0.2, 0.25) is 5.91 Å². The molecule has 0 radical (unpaired) electrons. The van der Waals surface area contributed by atoms with Gasteiger partial charge in [0, 0.05) is 30.7 Å². The van der Waals surface area contributed by atoms with Crippen LogP contribution in [0.3, 0.4) is 0 Å². The third-order valence-corrected chi connectivity index (χ3v) is 4.09. The molecule has 3 amide bonds. The Morgan fingerprint density at radius 2 is 2.14 bits per heavy atom. The lowest BCUT2D eigenvalue weighted by Gasteiger charge is -2.36. The molecule has 0 bridgehead atoms. The molecule has 2 atom stereocenters. The molecular formula is C15H20ClN3O3. The molecule has 0 spiro atoms. The van der Waals surface area contributed by atoms with Gasteiger partial charge in [0.15, 0.2) is 0 Å². The van der Waals surface area contributed by atoms with Gasteiger partial charge in [-0.15, -0.1) is 0 Å². The Hall–Kier alpha value is -1.63. The highest BCUT2D eigenvalue weighted by atomic mass is 35.5. The molecule has 1 aliphatic rings. The predicted octanol–water partition coefficient (Wildman–Crippen LogP) is 1.56. The van der Waals surface area contributed by atoms with E-state index in [0.717, 1.165) is 5.56 Å². The molecule has 0 aliphatic carbocycles. The van der Waals surface area contributed by atoms with Gasteiger partial charge < -0.3 is 10.1 Å². The van der Waals surface area contributed by atoms with Crippen molar-refractivity contribution in [3.05, 3.63) is 34.9 Å². The molecule has 1 aromatic carbocycles.